The highest BCUT2D eigenvalue weighted by atomic mass is 79.9. The molecule has 1 aromatic carbocycles. The van der Waals surface area contributed by atoms with Gasteiger partial charge in [-0.1, -0.05) is 18.2 Å². The molecule has 0 bridgehead atoms. The van der Waals surface area contributed by atoms with Gasteiger partial charge in [-0.3, -0.25) is 0 Å². The number of alkyl halides is 2. The molecule has 6 heteroatoms. The van der Waals surface area contributed by atoms with Crippen LogP contribution in [0.5, 0.6) is 0 Å². The monoisotopic (exact) mass is 313 g/mol. The van der Waals surface area contributed by atoms with Gasteiger partial charge in [0.2, 0.25) is 0 Å². The van der Waals surface area contributed by atoms with Crippen LogP contribution in [0.1, 0.15) is 12.0 Å². The van der Waals surface area contributed by atoms with Gasteiger partial charge < -0.3 is 5.32 Å². The molecule has 0 spiro atoms. The summed E-state index contributed by atoms with van der Waals surface area (Å²) in [7, 11) is 1.73. The molecular weight excluding hydrogens is 304 g/mol. The lowest BCUT2D eigenvalue weighted by atomic mass is 10.1. The molecule has 0 saturated carbocycles. The van der Waals surface area contributed by atoms with E-state index in [9.17, 15) is 8.78 Å². The molecule has 0 aliphatic carbocycles. The van der Waals surface area contributed by atoms with Gasteiger partial charge in [-0.2, -0.15) is 0 Å². The van der Waals surface area contributed by atoms with E-state index in [4.69, 9.17) is 0 Å². The first-order valence-electron chi connectivity index (χ1n) is 5.20. The summed E-state index contributed by atoms with van der Waals surface area (Å²) in [6, 6.07) is 6.05. The second-order valence-corrected chi connectivity index (χ2v) is 4.42. The molecule has 0 fully saturated rings. The molecule has 0 atom stereocenters. The molecule has 0 amide bonds. The van der Waals surface area contributed by atoms with Crippen LogP contribution in [0.2, 0.25) is 0 Å². The summed E-state index contributed by atoms with van der Waals surface area (Å²) in [5, 5.41) is 2.90. The first kappa shape index (κ1) is 12.9. The first-order valence-corrected chi connectivity index (χ1v) is 6.00. The Labute approximate surface area is 111 Å². The lowest BCUT2D eigenvalue weighted by Gasteiger charge is -2.06. The predicted octanol–water partition coefficient (Wildman–Crippen LogP) is 3.89. The maximum absolute atomic E-state index is 12.6. The van der Waals surface area contributed by atoms with E-state index in [1.54, 1.807) is 25.4 Å². The number of hydrogen-bond donors (Lipinski definition) is 1. The average molecular weight is 314 g/mol. The van der Waals surface area contributed by atoms with Crippen LogP contribution in [0, 0.1) is 0 Å². The molecule has 0 unspecified atom stereocenters. The number of anilines is 1. The molecule has 1 heterocycles. The minimum Gasteiger partial charge on any atom is -0.372 e. The van der Waals surface area contributed by atoms with Crippen LogP contribution < -0.4 is 5.32 Å². The topological polar surface area (TPSA) is 37.8 Å². The second-order valence-electron chi connectivity index (χ2n) is 3.57. The highest BCUT2D eigenvalue weighted by molar-refractivity contribution is 9.10. The van der Waals surface area contributed by atoms with Gasteiger partial charge >= 0.3 is 0 Å². The minimum absolute atomic E-state index is 0.0370. The first-order chi connectivity index (χ1) is 8.61. The van der Waals surface area contributed by atoms with Crippen molar-refractivity contribution in [1.82, 2.24) is 9.97 Å². The highest BCUT2D eigenvalue weighted by Gasteiger charge is 2.10. The van der Waals surface area contributed by atoms with Crippen molar-refractivity contribution < 1.29 is 8.78 Å². The molecular formula is C12H10BrF2N3. The van der Waals surface area contributed by atoms with Crippen molar-refractivity contribution in [2.45, 2.75) is 6.43 Å². The zero-order chi connectivity index (χ0) is 13.1. The Morgan fingerprint density at radius 2 is 2.11 bits per heavy atom. The Hall–Kier alpha value is -1.56. The average Bonchev–Trinajstić information content (AvgIpc) is 2.39. The van der Waals surface area contributed by atoms with Gasteiger partial charge in [-0.15, -0.1) is 0 Å². The highest BCUT2D eigenvalue weighted by Crippen LogP contribution is 2.26. The smallest absolute Gasteiger partial charge is 0.263 e. The zero-order valence-electron chi connectivity index (χ0n) is 9.49. The lowest BCUT2D eigenvalue weighted by Crippen LogP contribution is -1.98. The third kappa shape index (κ3) is 2.64. The number of hydrogen-bond acceptors (Lipinski definition) is 3. The number of halogens is 3. The van der Waals surface area contributed by atoms with Gasteiger partial charge in [-0.25, -0.2) is 18.7 Å². The van der Waals surface area contributed by atoms with Gasteiger partial charge in [0.1, 0.15) is 5.82 Å². The Morgan fingerprint density at radius 3 is 2.78 bits per heavy atom. The number of benzene rings is 1. The molecule has 0 aliphatic heterocycles. The van der Waals surface area contributed by atoms with E-state index in [0.29, 0.717) is 17.2 Å². The van der Waals surface area contributed by atoms with Crippen molar-refractivity contribution >= 4 is 21.7 Å². The maximum atomic E-state index is 12.6. The minimum atomic E-state index is -2.50. The maximum Gasteiger partial charge on any atom is 0.263 e. The third-order valence-electron chi connectivity index (χ3n) is 2.38. The van der Waals surface area contributed by atoms with Gasteiger partial charge in [0.15, 0.2) is 5.82 Å². The van der Waals surface area contributed by atoms with Crippen molar-refractivity contribution in [2.24, 2.45) is 0 Å². The summed E-state index contributed by atoms with van der Waals surface area (Å²) in [4.78, 5) is 8.36. The second kappa shape index (κ2) is 5.39. The molecule has 94 valence electrons. The summed E-state index contributed by atoms with van der Waals surface area (Å²) >= 11 is 3.29. The van der Waals surface area contributed by atoms with Crippen LogP contribution in [-0.2, 0) is 0 Å². The molecule has 3 nitrogen and oxygen atoms in total. The molecule has 2 aromatic rings. The molecule has 0 radical (unpaired) electrons. The fourth-order valence-electron chi connectivity index (χ4n) is 1.50. The molecule has 0 aliphatic rings. The summed E-state index contributed by atoms with van der Waals surface area (Å²) < 4.78 is 25.9. The Kier molecular flexibility index (Phi) is 3.86. The zero-order valence-corrected chi connectivity index (χ0v) is 11.1. The fraction of sp³-hybridized carbons (Fsp3) is 0.167. The number of aromatic nitrogens is 2. The van der Waals surface area contributed by atoms with E-state index in [1.165, 1.54) is 12.1 Å². The van der Waals surface area contributed by atoms with Crippen molar-refractivity contribution in [3.63, 3.8) is 0 Å². The Morgan fingerprint density at radius 1 is 1.33 bits per heavy atom. The van der Waals surface area contributed by atoms with Gasteiger partial charge in [0.05, 0.1) is 4.47 Å². The SMILES string of the molecule is CNc1nc(-c2cccc(C(F)F)c2)ncc1Br. The van der Waals surface area contributed by atoms with Crippen molar-refractivity contribution in [2.75, 3.05) is 12.4 Å². The quantitative estimate of drug-likeness (QED) is 0.934. The standard InChI is InChI=1S/C12H10BrF2N3/c1-16-12-9(13)6-17-11(18-12)8-4-2-3-7(5-8)10(14)15/h2-6,10H,1H3,(H,16,17,18). The van der Waals surface area contributed by atoms with E-state index in [0.717, 1.165) is 4.47 Å². The van der Waals surface area contributed by atoms with Crippen molar-refractivity contribution in [3.8, 4) is 11.4 Å². The van der Waals surface area contributed by atoms with Crippen LogP contribution in [0.25, 0.3) is 11.4 Å². The summed E-state index contributed by atoms with van der Waals surface area (Å²) in [6.07, 6.45) is -0.910. The summed E-state index contributed by atoms with van der Waals surface area (Å²) in [5.74, 6) is 1.02. The molecule has 18 heavy (non-hydrogen) atoms. The van der Waals surface area contributed by atoms with Crippen LogP contribution >= 0.6 is 15.9 Å². The largest absolute Gasteiger partial charge is 0.372 e. The molecule has 0 saturated heterocycles. The number of nitrogens with one attached hydrogen (secondary N) is 1. The third-order valence-corrected chi connectivity index (χ3v) is 2.96. The number of nitrogens with zero attached hydrogens (tertiary/aromatic N) is 2. The van der Waals surface area contributed by atoms with Crippen LogP contribution in [0.4, 0.5) is 14.6 Å². The van der Waals surface area contributed by atoms with Crippen LogP contribution in [-0.4, -0.2) is 17.0 Å². The normalized spacial score (nSPS) is 10.7. The lowest BCUT2D eigenvalue weighted by molar-refractivity contribution is 0.151. The van der Waals surface area contributed by atoms with Crippen molar-refractivity contribution in [1.29, 1.82) is 0 Å². The van der Waals surface area contributed by atoms with E-state index in [-0.39, 0.29) is 5.56 Å². The van der Waals surface area contributed by atoms with Crippen LogP contribution in [0.15, 0.2) is 34.9 Å². The van der Waals surface area contributed by atoms with Crippen LogP contribution in [0.3, 0.4) is 0 Å². The molecule has 1 aromatic heterocycles. The van der Waals surface area contributed by atoms with E-state index in [1.807, 2.05) is 0 Å². The Balaban J connectivity index is 2.45. The van der Waals surface area contributed by atoms with Gasteiger partial charge in [-0.05, 0) is 22.0 Å². The predicted molar refractivity (Wildman–Crippen MR) is 69.7 cm³/mol. The molecule has 2 rings (SSSR count). The van der Waals surface area contributed by atoms with Gasteiger partial charge in [0, 0.05) is 24.4 Å². The van der Waals surface area contributed by atoms with Gasteiger partial charge in [0.25, 0.3) is 6.43 Å². The number of rotatable bonds is 3. The van der Waals surface area contributed by atoms with E-state index in [2.05, 4.69) is 31.2 Å². The Bertz CT molecular complexity index is 561. The molecule has 1 N–H and O–H groups in total. The van der Waals surface area contributed by atoms with E-state index < -0.39 is 6.43 Å². The fourth-order valence-corrected chi connectivity index (χ4v) is 1.88. The summed E-state index contributed by atoms with van der Waals surface area (Å²) in [6.45, 7) is 0. The summed E-state index contributed by atoms with van der Waals surface area (Å²) in [5.41, 5.74) is 0.529. The van der Waals surface area contributed by atoms with Crippen molar-refractivity contribution in [3.05, 3.63) is 40.5 Å². The van der Waals surface area contributed by atoms with E-state index >= 15 is 0 Å².